The van der Waals surface area contributed by atoms with Gasteiger partial charge in [-0.2, -0.15) is 0 Å². The molecule has 3 heteroatoms. The van der Waals surface area contributed by atoms with Crippen molar-refractivity contribution in [2.75, 3.05) is 13.7 Å². The molecule has 0 saturated carbocycles. The molecule has 1 N–H and O–H groups in total. The van der Waals surface area contributed by atoms with Gasteiger partial charge in [0.1, 0.15) is 11.5 Å². The largest absolute Gasteiger partial charge is 0.496 e. The fraction of sp³-hybridized carbons (Fsp3) is 0.533. The van der Waals surface area contributed by atoms with Gasteiger partial charge in [0.15, 0.2) is 0 Å². The first-order valence-electron chi connectivity index (χ1n) is 6.39. The maximum atomic E-state index is 10.8. The normalized spacial score (nSPS) is 10.4. The van der Waals surface area contributed by atoms with Gasteiger partial charge in [-0.25, -0.2) is 0 Å². The van der Waals surface area contributed by atoms with Crippen LogP contribution in [-0.4, -0.2) is 19.4 Å². The number of benzene rings is 1. The van der Waals surface area contributed by atoms with Crippen LogP contribution in [0.4, 0.5) is 0 Å². The van der Waals surface area contributed by atoms with Crippen molar-refractivity contribution in [1.82, 2.24) is 5.32 Å². The molecule has 0 aliphatic heterocycles. The molecule has 1 aromatic rings. The number of Topliss-reactive ketones (excluding diaryl/α,β-unsaturated/α-hetero) is 1. The van der Waals surface area contributed by atoms with Gasteiger partial charge >= 0.3 is 0 Å². The monoisotopic (exact) mass is 249 g/mol. The lowest BCUT2D eigenvalue weighted by Crippen LogP contribution is -2.16. The van der Waals surface area contributed by atoms with Crippen LogP contribution in [0.25, 0.3) is 0 Å². The number of hydrogen-bond acceptors (Lipinski definition) is 3. The van der Waals surface area contributed by atoms with Gasteiger partial charge in [0.05, 0.1) is 7.11 Å². The molecule has 0 spiro atoms. The molecule has 0 aromatic heterocycles. The van der Waals surface area contributed by atoms with Gasteiger partial charge in [0, 0.05) is 13.0 Å². The van der Waals surface area contributed by atoms with E-state index in [0.29, 0.717) is 6.42 Å². The molecule has 0 atom stereocenters. The lowest BCUT2D eigenvalue weighted by Gasteiger charge is -2.13. The molecule has 0 saturated heterocycles. The van der Waals surface area contributed by atoms with Gasteiger partial charge in [-0.05, 0) is 56.5 Å². The second-order valence-electron chi connectivity index (χ2n) is 4.66. The topological polar surface area (TPSA) is 38.3 Å². The summed E-state index contributed by atoms with van der Waals surface area (Å²) in [6, 6.07) is 4.11. The predicted molar refractivity (Wildman–Crippen MR) is 74.1 cm³/mol. The zero-order chi connectivity index (χ0) is 13.5. The second kappa shape index (κ2) is 7.17. The van der Waals surface area contributed by atoms with Crippen LogP contribution in [0.2, 0.25) is 0 Å². The van der Waals surface area contributed by atoms with E-state index in [1.807, 2.05) is 6.07 Å². The molecular weight excluding hydrogens is 226 g/mol. The maximum absolute atomic E-state index is 10.8. The number of methoxy groups -OCH3 is 1. The minimum atomic E-state index is 0.258. The van der Waals surface area contributed by atoms with Crippen molar-refractivity contribution in [1.29, 1.82) is 0 Å². The van der Waals surface area contributed by atoms with Gasteiger partial charge < -0.3 is 14.8 Å². The number of carbonyl (C=O) groups excluding carboxylic acids is 1. The number of nitrogens with one attached hydrogen (secondary N) is 1. The Morgan fingerprint density at radius 3 is 2.61 bits per heavy atom. The van der Waals surface area contributed by atoms with E-state index in [-0.39, 0.29) is 5.78 Å². The summed E-state index contributed by atoms with van der Waals surface area (Å²) in [6.07, 6.45) is 1.57. The molecular formula is C15H23NO2. The highest BCUT2D eigenvalue weighted by Crippen LogP contribution is 2.23. The average molecular weight is 249 g/mol. The standard InChI is InChI=1S/C15H23NO2/c1-11(17)6-5-9-16-10-14-7-8-15(18-4)13(3)12(14)2/h7-8,16H,5-6,9-10H2,1-4H3. The van der Waals surface area contributed by atoms with Crippen molar-refractivity contribution in [3.8, 4) is 5.75 Å². The Labute approximate surface area is 110 Å². The highest BCUT2D eigenvalue weighted by atomic mass is 16.5. The summed E-state index contributed by atoms with van der Waals surface area (Å²) in [5, 5.41) is 3.37. The third-order valence-electron chi connectivity index (χ3n) is 3.27. The highest BCUT2D eigenvalue weighted by Gasteiger charge is 2.06. The summed E-state index contributed by atoms with van der Waals surface area (Å²) < 4.78 is 5.29. The van der Waals surface area contributed by atoms with Gasteiger partial charge in [-0.3, -0.25) is 0 Å². The van der Waals surface area contributed by atoms with Crippen LogP contribution in [0.3, 0.4) is 0 Å². The van der Waals surface area contributed by atoms with E-state index >= 15 is 0 Å². The summed E-state index contributed by atoms with van der Waals surface area (Å²) in [6.45, 7) is 7.55. The van der Waals surface area contributed by atoms with Crippen LogP contribution in [0.1, 0.15) is 36.5 Å². The molecule has 0 radical (unpaired) electrons. The average Bonchev–Trinajstić information content (AvgIpc) is 2.33. The Morgan fingerprint density at radius 1 is 1.28 bits per heavy atom. The van der Waals surface area contributed by atoms with Crippen LogP contribution in [0.15, 0.2) is 12.1 Å². The molecule has 0 aliphatic carbocycles. The Balaban J connectivity index is 2.48. The Hall–Kier alpha value is -1.35. The lowest BCUT2D eigenvalue weighted by molar-refractivity contribution is -0.117. The minimum absolute atomic E-state index is 0.258. The molecule has 0 heterocycles. The van der Waals surface area contributed by atoms with Crippen LogP contribution in [-0.2, 0) is 11.3 Å². The van der Waals surface area contributed by atoms with E-state index in [0.717, 1.165) is 25.3 Å². The first-order chi connectivity index (χ1) is 8.56. The molecule has 0 bridgehead atoms. The third kappa shape index (κ3) is 4.15. The number of hydrogen-bond donors (Lipinski definition) is 1. The van der Waals surface area contributed by atoms with E-state index in [2.05, 4.69) is 25.2 Å². The van der Waals surface area contributed by atoms with Crippen molar-refractivity contribution >= 4 is 5.78 Å². The summed E-state index contributed by atoms with van der Waals surface area (Å²) >= 11 is 0. The molecule has 1 aromatic carbocycles. The minimum Gasteiger partial charge on any atom is -0.496 e. The Kier molecular flexibility index (Phi) is 5.86. The predicted octanol–water partition coefficient (Wildman–Crippen LogP) is 2.77. The number of ketones is 1. The Bertz CT molecular complexity index is 413. The van der Waals surface area contributed by atoms with Crippen LogP contribution in [0, 0.1) is 13.8 Å². The molecule has 0 amide bonds. The van der Waals surface area contributed by atoms with Gasteiger partial charge in [0.25, 0.3) is 0 Å². The molecule has 18 heavy (non-hydrogen) atoms. The fourth-order valence-electron chi connectivity index (χ4n) is 1.95. The molecule has 0 unspecified atom stereocenters. The summed E-state index contributed by atoms with van der Waals surface area (Å²) in [5.74, 6) is 1.20. The van der Waals surface area contributed by atoms with E-state index in [9.17, 15) is 4.79 Å². The lowest BCUT2D eigenvalue weighted by atomic mass is 10.0. The Morgan fingerprint density at radius 2 is 2.00 bits per heavy atom. The number of rotatable bonds is 7. The molecule has 0 aliphatic rings. The summed E-state index contributed by atoms with van der Waals surface area (Å²) in [7, 11) is 1.70. The van der Waals surface area contributed by atoms with Crippen LogP contribution >= 0.6 is 0 Å². The smallest absolute Gasteiger partial charge is 0.129 e. The van der Waals surface area contributed by atoms with Crippen LogP contribution < -0.4 is 10.1 Å². The van der Waals surface area contributed by atoms with Crippen molar-refractivity contribution in [2.45, 2.75) is 40.2 Å². The number of ether oxygens (including phenoxy) is 1. The number of carbonyl (C=O) groups is 1. The molecule has 1 rings (SSSR count). The maximum Gasteiger partial charge on any atom is 0.129 e. The zero-order valence-electron chi connectivity index (χ0n) is 11.8. The van der Waals surface area contributed by atoms with E-state index in [1.54, 1.807) is 14.0 Å². The van der Waals surface area contributed by atoms with E-state index < -0.39 is 0 Å². The van der Waals surface area contributed by atoms with Crippen molar-refractivity contribution in [3.05, 3.63) is 28.8 Å². The van der Waals surface area contributed by atoms with Crippen LogP contribution in [0.5, 0.6) is 5.75 Å². The highest BCUT2D eigenvalue weighted by molar-refractivity contribution is 5.75. The van der Waals surface area contributed by atoms with E-state index in [1.165, 1.54) is 16.7 Å². The van der Waals surface area contributed by atoms with E-state index in [4.69, 9.17) is 4.74 Å². The quantitative estimate of drug-likeness (QED) is 0.755. The fourth-order valence-corrected chi connectivity index (χ4v) is 1.95. The SMILES string of the molecule is COc1ccc(CNCCCC(C)=O)c(C)c1C. The van der Waals surface area contributed by atoms with Crippen molar-refractivity contribution in [3.63, 3.8) is 0 Å². The first-order valence-corrected chi connectivity index (χ1v) is 6.39. The molecule has 0 fully saturated rings. The summed E-state index contributed by atoms with van der Waals surface area (Å²) in [4.78, 5) is 10.8. The first kappa shape index (κ1) is 14.7. The summed E-state index contributed by atoms with van der Waals surface area (Å²) in [5.41, 5.74) is 3.75. The van der Waals surface area contributed by atoms with Crippen molar-refractivity contribution in [2.24, 2.45) is 0 Å². The molecule has 3 nitrogen and oxygen atoms in total. The third-order valence-corrected chi connectivity index (χ3v) is 3.27. The zero-order valence-corrected chi connectivity index (χ0v) is 11.8. The second-order valence-corrected chi connectivity index (χ2v) is 4.66. The van der Waals surface area contributed by atoms with Gasteiger partial charge in [-0.15, -0.1) is 0 Å². The molecule has 100 valence electrons. The van der Waals surface area contributed by atoms with Gasteiger partial charge in [0.2, 0.25) is 0 Å². The van der Waals surface area contributed by atoms with Crippen molar-refractivity contribution < 1.29 is 9.53 Å². The van der Waals surface area contributed by atoms with Gasteiger partial charge in [-0.1, -0.05) is 6.07 Å².